The van der Waals surface area contributed by atoms with Gasteiger partial charge in [-0.1, -0.05) is 12.1 Å². The quantitative estimate of drug-likeness (QED) is 0.312. The number of benzene rings is 2. The Labute approximate surface area is 277 Å². The summed E-state index contributed by atoms with van der Waals surface area (Å²) in [5, 5.41) is 9.83. The Morgan fingerprint density at radius 2 is 1.47 bits per heavy atom. The fourth-order valence-corrected chi connectivity index (χ4v) is 10.8. The number of carbonyl (C=O) groups excluding carboxylic acids is 1. The van der Waals surface area contributed by atoms with Crippen LogP contribution in [0, 0.1) is 10.8 Å². The van der Waals surface area contributed by atoms with Crippen molar-refractivity contribution in [2.75, 3.05) is 19.8 Å². The lowest BCUT2D eigenvalue weighted by Crippen LogP contribution is -2.66. The second-order valence-electron chi connectivity index (χ2n) is 13.5. The first-order valence-corrected chi connectivity index (χ1v) is 17.4. The number of halogens is 7. The Hall–Kier alpha value is -3.56. The van der Waals surface area contributed by atoms with Gasteiger partial charge in [0, 0.05) is 23.1 Å². The van der Waals surface area contributed by atoms with Crippen molar-refractivity contribution >= 4 is 21.7 Å². The van der Waals surface area contributed by atoms with Crippen LogP contribution < -0.4 is 9.47 Å². The number of hydrogen-bond acceptors (Lipinski definition) is 6. The number of likely N-dealkylation sites (tertiary alicyclic amines) is 1. The maximum absolute atomic E-state index is 15.1. The Balaban J connectivity index is 1.49. The minimum absolute atomic E-state index is 0.0857. The Morgan fingerprint density at radius 3 is 2.00 bits per heavy atom. The summed E-state index contributed by atoms with van der Waals surface area (Å²) in [7, 11) is -4.61. The summed E-state index contributed by atoms with van der Waals surface area (Å²) < 4.78 is 136. The van der Waals surface area contributed by atoms with Crippen LogP contribution in [0.4, 0.5) is 30.7 Å². The van der Waals surface area contributed by atoms with Gasteiger partial charge in [0.1, 0.15) is 22.9 Å². The van der Waals surface area contributed by atoms with Crippen molar-refractivity contribution in [2.45, 2.75) is 92.0 Å². The third-order valence-corrected chi connectivity index (χ3v) is 13.8. The summed E-state index contributed by atoms with van der Waals surface area (Å²) in [5.41, 5.74) is -9.81. The number of hydrogen-bond donors (Lipinski definition) is 1. The lowest BCUT2D eigenvalue weighted by Gasteiger charge is -2.56. The molecule has 0 spiro atoms. The molecule has 0 radical (unpaired) electrons. The van der Waals surface area contributed by atoms with Crippen molar-refractivity contribution < 1.29 is 63.3 Å². The average Bonchev–Trinajstić information content (AvgIpc) is 3.07. The molecule has 2 unspecified atom stereocenters. The molecule has 7 rings (SSSR count). The van der Waals surface area contributed by atoms with Crippen LogP contribution in [0.5, 0.6) is 11.5 Å². The maximum Gasteiger partial charge on any atom is 0.435 e. The summed E-state index contributed by atoms with van der Waals surface area (Å²) in [6.45, 7) is 1.47. The van der Waals surface area contributed by atoms with E-state index in [1.165, 1.54) is 29.2 Å². The van der Waals surface area contributed by atoms with Crippen molar-refractivity contribution in [3.05, 3.63) is 53.6 Å². The monoisotopic (exact) mass is 721 g/mol. The third kappa shape index (κ3) is 5.01. The largest absolute Gasteiger partial charge is 0.494 e. The SMILES string of the molecule is CCOc1ccc(S(=O)(=O)C23CCCN(C(=O)C45CCC(C(=O)O)(CC4)CC5)C2COc2cc(C(F)(C(F)(F)F)C(F)(F)F)ccc23)cc1. The molecule has 2 atom stereocenters. The highest BCUT2D eigenvalue weighted by atomic mass is 32.2. The molecule has 2 aromatic rings. The van der Waals surface area contributed by atoms with E-state index in [9.17, 15) is 49.5 Å². The number of piperidine rings is 1. The van der Waals surface area contributed by atoms with E-state index in [1.54, 1.807) is 6.92 Å². The van der Waals surface area contributed by atoms with E-state index < -0.39 is 79.3 Å². The first-order chi connectivity index (χ1) is 22.8. The predicted octanol–water partition coefficient (Wildman–Crippen LogP) is 6.85. The van der Waals surface area contributed by atoms with Crippen LogP contribution in [0.15, 0.2) is 47.4 Å². The molecule has 3 saturated carbocycles. The van der Waals surface area contributed by atoms with Gasteiger partial charge in [-0.05, 0) is 88.6 Å². The Kier molecular flexibility index (Phi) is 8.27. The summed E-state index contributed by atoms with van der Waals surface area (Å²) >= 11 is 0. The van der Waals surface area contributed by atoms with Gasteiger partial charge in [-0.15, -0.1) is 0 Å². The summed E-state index contributed by atoms with van der Waals surface area (Å²) in [6, 6.07) is 5.31. The molecule has 5 aliphatic rings. The van der Waals surface area contributed by atoms with Crippen LogP contribution in [0.3, 0.4) is 0 Å². The summed E-state index contributed by atoms with van der Waals surface area (Å²) in [4.78, 5) is 27.7. The second-order valence-corrected chi connectivity index (χ2v) is 15.7. The summed E-state index contributed by atoms with van der Waals surface area (Å²) in [6.07, 6.45) is -11.4. The Morgan fingerprint density at radius 1 is 0.898 bits per heavy atom. The molecule has 2 aliphatic heterocycles. The summed E-state index contributed by atoms with van der Waals surface area (Å²) in [5.74, 6) is -1.66. The van der Waals surface area contributed by atoms with Gasteiger partial charge in [0.25, 0.3) is 0 Å². The molecule has 3 aliphatic carbocycles. The molecule has 268 valence electrons. The van der Waals surface area contributed by atoms with Gasteiger partial charge in [0.15, 0.2) is 9.84 Å². The molecule has 2 heterocycles. The normalized spacial score (nSPS) is 28.7. The fraction of sp³-hybridized carbons (Fsp3) is 0.576. The van der Waals surface area contributed by atoms with E-state index in [2.05, 4.69) is 0 Å². The molecule has 1 N–H and O–H groups in total. The molecule has 4 fully saturated rings. The van der Waals surface area contributed by atoms with Gasteiger partial charge in [-0.25, -0.2) is 12.8 Å². The number of sulfone groups is 1. The number of rotatable bonds is 7. The molecule has 0 aromatic heterocycles. The number of alkyl halides is 7. The number of aliphatic carboxylic acids is 1. The molecular formula is C33H34F7NO7S. The molecular weight excluding hydrogens is 687 g/mol. The highest BCUT2D eigenvalue weighted by Gasteiger charge is 2.74. The minimum atomic E-state index is -6.41. The zero-order valence-corrected chi connectivity index (χ0v) is 27.1. The topological polar surface area (TPSA) is 110 Å². The highest BCUT2D eigenvalue weighted by molar-refractivity contribution is 7.92. The van der Waals surface area contributed by atoms with Crippen molar-refractivity contribution in [1.29, 1.82) is 0 Å². The van der Waals surface area contributed by atoms with E-state index in [1.807, 2.05) is 0 Å². The number of carboxylic acid groups (broad SMARTS) is 1. The zero-order valence-electron chi connectivity index (χ0n) is 26.3. The van der Waals surface area contributed by atoms with Crippen LogP contribution in [0.2, 0.25) is 0 Å². The molecule has 49 heavy (non-hydrogen) atoms. The van der Waals surface area contributed by atoms with Crippen LogP contribution in [-0.2, 0) is 29.8 Å². The van der Waals surface area contributed by atoms with Gasteiger partial charge in [-0.3, -0.25) is 9.59 Å². The first-order valence-electron chi connectivity index (χ1n) is 15.9. The van der Waals surface area contributed by atoms with E-state index in [4.69, 9.17) is 9.47 Å². The molecule has 8 nitrogen and oxygen atoms in total. The van der Waals surface area contributed by atoms with Gasteiger partial charge in [0.2, 0.25) is 5.91 Å². The number of ether oxygens (including phenoxy) is 2. The standard InChI is InChI=1S/C33H34F7NO7S/c1-2-47-21-5-7-22(8-6-21)49(45,46)30-10-3-17-41(26(42)28-11-14-29(15-12-28,16-13-28)27(43)44)25(30)19-48-24-18-20(4-9-23(24)30)31(34,32(35,36)37)33(38,39)40/h4-9,18,25H,2-3,10-17,19H2,1H3,(H,43,44). The molecule has 1 amide bonds. The zero-order chi connectivity index (χ0) is 35.8. The fourth-order valence-electron chi connectivity index (χ4n) is 8.41. The van der Waals surface area contributed by atoms with E-state index in [-0.39, 0.29) is 87.1 Å². The van der Waals surface area contributed by atoms with Crippen molar-refractivity contribution in [1.82, 2.24) is 4.90 Å². The smallest absolute Gasteiger partial charge is 0.435 e. The van der Waals surface area contributed by atoms with Gasteiger partial charge < -0.3 is 19.5 Å². The van der Waals surface area contributed by atoms with E-state index in [0.717, 1.165) is 6.07 Å². The van der Waals surface area contributed by atoms with Crippen molar-refractivity contribution in [3.8, 4) is 11.5 Å². The Bertz CT molecular complexity index is 1720. The number of fused-ring (bicyclic) bond motifs is 6. The molecule has 2 bridgehead atoms. The highest BCUT2D eigenvalue weighted by Crippen LogP contribution is 2.60. The molecule has 16 heteroatoms. The maximum atomic E-state index is 15.1. The first kappa shape index (κ1) is 35.3. The van der Waals surface area contributed by atoms with Gasteiger partial charge >= 0.3 is 24.0 Å². The number of carbonyl (C=O) groups is 2. The number of carboxylic acids is 1. The lowest BCUT2D eigenvalue weighted by atomic mass is 9.53. The van der Waals surface area contributed by atoms with Crippen molar-refractivity contribution in [2.24, 2.45) is 10.8 Å². The number of nitrogens with zero attached hydrogens (tertiary/aromatic N) is 1. The average molecular weight is 722 g/mol. The van der Waals surface area contributed by atoms with Crippen LogP contribution in [-0.4, -0.2) is 68.5 Å². The lowest BCUT2D eigenvalue weighted by molar-refractivity contribution is -0.348. The van der Waals surface area contributed by atoms with Gasteiger partial charge in [-0.2, -0.15) is 26.3 Å². The van der Waals surface area contributed by atoms with Crippen molar-refractivity contribution in [3.63, 3.8) is 0 Å². The predicted molar refractivity (Wildman–Crippen MR) is 158 cm³/mol. The van der Waals surface area contributed by atoms with Crippen LogP contribution in [0.25, 0.3) is 0 Å². The van der Waals surface area contributed by atoms with Gasteiger partial charge in [0.05, 0.1) is 23.0 Å². The van der Waals surface area contributed by atoms with Crippen LogP contribution in [0.1, 0.15) is 69.4 Å². The van der Waals surface area contributed by atoms with E-state index in [0.29, 0.717) is 5.75 Å². The molecule has 1 saturated heterocycles. The number of amides is 1. The minimum Gasteiger partial charge on any atom is -0.494 e. The second kappa shape index (κ2) is 11.5. The van der Waals surface area contributed by atoms with Crippen LogP contribution >= 0.6 is 0 Å². The third-order valence-electron chi connectivity index (χ3n) is 11.2. The molecule has 2 aromatic carbocycles. The van der Waals surface area contributed by atoms with E-state index >= 15 is 4.39 Å².